The lowest BCUT2D eigenvalue weighted by atomic mass is 10.3. The normalized spacial score (nSPS) is 12.8. The summed E-state index contributed by atoms with van der Waals surface area (Å²) in [4.78, 5) is 43.4. The van der Waals surface area contributed by atoms with Crippen molar-refractivity contribution < 1.29 is 23.7 Å². The summed E-state index contributed by atoms with van der Waals surface area (Å²) in [6, 6.07) is 3.95. The fourth-order valence-corrected chi connectivity index (χ4v) is 3.97. The largest absolute Gasteiger partial charge is 0.481 e. The number of nitrogens with two attached hydrogens (primary N) is 1. The zero-order valence-electron chi connectivity index (χ0n) is 31.3. The molecule has 2 aromatic heterocycles. The van der Waals surface area contributed by atoms with Crippen LogP contribution in [-0.4, -0.2) is 95.6 Å². The first-order chi connectivity index (χ1) is 24.9. The number of isocyanates is 1. The molecule has 2 aliphatic heterocycles. The number of aryl methyl sites for hydroxylation is 1. The molecule has 0 amide bonds. The molecule has 0 bridgehead atoms. The Morgan fingerprint density at radius 3 is 2.00 bits per heavy atom. The van der Waals surface area contributed by atoms with Gasteiger partial charge in [0.2, 0.25) is 6.08 Å². The van der Waals surface area contributed by atoms with Crippen LogP contribution in [0.2, 0.25) is 0 Å². The van der Waals surface area contributed by atoms with Crippen molar-refractivity contribution in [3.05, 3.63) is 56.5 Å². The van der Waals surface area contributed by atoms with Crippen LogP contribution in [0.3, 0.4) is 0 Å². The van der Waals surface area contributed by atoms with E-state index >= 15 is 0 Å². The predicted molar refractivity (Wildman–Crippen MR) is 197 cm³/mol. The van der Waals surface area contributed by atoms with Crippen molar-refractivity contribution in [1.82, 2.24) is 19.2 Å². The second-order valence-corrected chi connectivity index (χ2v) is 9.82. The molecule has 2 aliphatic rings. The molecule has 52 heavy (non-hydrogen) atoms. The second kappa shape index (κ2) is 26.0. The SMILES string of the molecule is CCN=C=O.CCOC(C)(OCC)OCC.CCOC(C)=NC1=C(C#N)C=NC1.N#CC1=C(N)CN=C1.[C-]#[N+]c1cnn2c(=O)n(CC)c(C)nc12. The number of aliphatic imine (C=N–C) groups is 4. The summed E-state index contributed by atoms with van der Waals surface area (Å²) in [6.45, 7) is 27.9. The quantitative estimate of drug-likeness (QED) is 0.121. The number of rotatable bonds is 10. The minimum Gasteiger partial charge on any atom is -0.481 e. The van der Waals surface area contributed by atoms with E-state index in [4.69, 9.17) is 46.6 Å². The van der Waals surface area contributed by atoms with Crippen LogP contribution in [-0.2, 0) is 30.3 Å². The predicted octanol–water partition coefficient (Wildman–Crippen LogP) is 3.99. The van der Waals surface area contributed by atoms with Gasteiger partial charge in [0.15, 0.2) is 11.5 Å². The van der Waals surface area contributed by atoms with Gasteiger partial charge in [0, 0.05) is 64.9 Å². The van der Waals surface area contributed by atoms with Gasteiger partial charge in [-0.3, -0.25) is 14.6 Å². The molecule has 280 valence electrons. The summed E-state index contributed by atoms with van der Waals surface area (Å²) in [6.07, 6.45) is 5.78. The zero-order valence-corrected chi connectivity index (χ0v) is 31.3. The lowest BCUT2D eigenvalue weighted by molar-refractivity contribution is -0.365. The van der Waals surface area contributed by atoms with Crippen LogP contribution in [0.4, 0.5) is 5.69 Å². The van der Waals surface area contributed by atoms with Crippen LogP contribution in [0.5, 0.6) is 0 Å². The topological polar surface area (TPSA) is 234 Å². The fraction of sp³-hybridized carbons (Fsp3) is 0.529. The van der Waals surface area contributed by atoms with E-state index in [-0.39, 0.29) is 5.69 Å². The molecule has 18 heteroatoms. The Morgan fingerprint density at radius 2 is 1.60 bits per heavy atom. The molecule has 0 spiro atoms. The van der Waals surface area contributed by atoms with Gasteiger partial charge in [-0.2, -0.15) is 20.1 Å². The van der Waals surface area contributed by atoms with Gasteiger partial charge >= 0.3 is 5.69 Å². The molecule has 0 radical (unpaired) electrons. The molecule has 2 aromatic rings. The zero-order chi connectivity index (χ0) is 39.5. The van der Waals surface area contributed by atoms with Crippen molar-refractivity contribution in [2.75, 3.05) is 46.1 Å². The Balaban J connectivity index is 0.000000651. The highest BCUT2D eigenvalue weighted by atomic mass is 16.9. The van der Waals surface area contributed by atoms with Gasteiger partial charge in [-0.1, -0.05) is 0 Å². The number of fused-ring (bicyclic) bond motifs is 1. The number of carbonyl (C=O) groups excluding carboxylic acids is 1. The van der Waals surface area contributed by atoms with Crippen LogP contribution >= 0.6 is 0 Å². The van der Waals surface area contributed by atoms with Gasteiger partial charge < -0.3 is 24.7 Å². The second-order valence-electron chi connectivity index (χ2n) is 9.82. The number of hydrogen-bond donors (Lipinski definition) is 1. The highest BCUT2D eigenvalue weighted by Crippen LogP contribution is 2.16. The van der Waals surface area contributed by atoms with E-state index in [1.165, 1.54) is 29.3 Å². The summed E-state index contributed by atoms with van der Waals surface area (Å²) < 4.78 is 23.6. The monoisotopic (exact) mass is 720 g/mol. The van der Waals surface area contributed by atoms with E-state index in [0.717, 1.165) is 4.52 Å². The van der Waals surface area contributed by atoms with Gasteiger partial charge in [0.05, 0.1) is 49.3 Å². The van der Waals surface area contributed by atoms with E-state index < -0.39 is 5.97 Å². The minimum absolute atomic E-state index is 0.255. The number of allylic oxidation sites excluding steroid dienone is 2. The molecule has 0 aliphatic carbocycles. The Hall–Kier alpha value is -5.83. The highest BCUT2D eigenvalue weighted by molar-refractivity contribution is 5.88. The molecular formula is C34H48N12O6. The van der Waals surface area contributed by atoms with Gasteiger partial charge in [0.25, 0.3) is 11.7 Å². The Bertz CT molecular complexity index is 1810. The average molecular weight is 721 g/mol. The minimum atomic E-state index is -0.849. The van der Waals surface area contributed by atoms with Crippen molar-refractivity contribution in [3.63, 3.8) is 0 Å². The van der Waals surface area contributed by atoms with E-state index in [1.54, 1.807) is 27.7 Å². The van der Waals surface area contributed by atoms with Gasteiger partial charge in [-0.05, 0) is 48.5 Å². The molecule has 2 N–H and O–H groups in total. The number of ether oxygens (including phenoxy) is 4. The Morgan fingerprint density at radius 1 is 1.02 bits per heavy atom. The first-order valence-corrected chi connectivity index (χ1v) is 16.4. The number of nitriles is 2. The van der Waals surface area contributed by atoms with Crippen LogP contribution < -0.4 is 11.4 Å². The summed E-state index contributed by atoms with van der Waals surface area (Å²) in [7, 11) is 0. The number of hydrogen-bond acceptors (Lipinski definition) is 15. The van der Waals surface area contributed by atoms with Crippen molar-refractivity contribution in [1.29, 1.82) is 10.5 Å². The number of nitrogens with zero attached hydrogens (tertiary/aromatic N) is 11. The molecule has 0 saturated heterocycles. The summed E-state index contributed by atoms with van der Waals surface area (Å²) in [5.74, 6) is 0.328. The third-order valence-electron chi connectivity index (χ3n) is 6.16. The first kappa shape index (κ1) is 46.2. The van der Waals surface area contributed by atoms with Crippen molar-refractivity contribution >= 4 is 35.7 Å². The van der Waals surface area contributed by atoms with E-state index in [0.29, 0.717) is 98.2 Å². The fourth-order valence-electron chi connectivity index (χ4n) is 3.97. The van der Waals surface area contributed by atoms with E-state index in [9.17, 15) is 4.79 Å². The molecule has 0 saturated carbocycles. The van der Waals surface area contributed by atoms with Crippen LogP contribution in [0.1, 0.15) is 61.2 Å². The summed E-state index contributed by atoms with van der Waals surface area (Å²) in [5, 5.41) is 20.8. The molecule has 0 aromatic carbocycles. The lowest BCUT2D eigenvalue weighted by Crippen LogP contribution is -2.35. The maximum atomic E-state index is 11.8. The van der Waals surface area contributed by atoms with Gasteiger partial charge in [-0.15, -0.1) is 0 Å². The lowest BCUT2D eigenvalue weighted by Gasteiger charge is -2.27. The molecule has 0 fully saturated rings. The van der Waals surface area contributed by atoms with Crippen molar-refractivity contribution in [2.45, 2.75) is 74.8 Å². The average Bonchev–Trinajstić information content (AvgIpc) is 3.86. The maximum Gasteiger partial charge on any atom is 0.350 e. The summed E-state index contributed by atoms with van der Waals surface area (Å²) in [5.41, 5.74) is 8.00. The van der Waals surface area contributed by atoms with Crippen LogP contribution in [0, 0.1) is 36.2 Å². The van der Waals surface area contributed by atoms with E-state index in [1.807, 2.05) is 46.8 Å². The molecule has 0 unspecified atom stereocenters. The molecule has 4 heterocycles. The van der Waals surface area contributed by atoms with Crippen LogP contribution in [0.25, 0.3) is 10.5 Å². The van der Waals surface area contributed by atoms with Crippen LogP contribution in [0.15, 0.2) is 53.5 Å². The standard InChI is InChI=1S/C9H9N5O.C9H11N3O.C8H18O3.C5H5N3.C3H5NO/c1-4-13-6(2)12-8-7(10-3)5-11-14(8)9(13)15;1-3-13-7(2)12-9-6-11-5-8(9)4-10;1-5-9-8(4,10-6-2)11-7-3;6-1-4-2-8-3-5(4)7;1-2-4-3-5/h5H,4H2,1-2H3;5H,3,6H2,1-2H3;5-7H2,1-4H3;2H,3,7H2;2H2,1H3. The number of aromatic nitrogens is 4. The molecule has 4 rings (SSSR count). The summed E-state index contributed by atoms with van der Waals surface area (Å²) >= 11 is 0. The Kier molecular flexibility index (Phi) is 23.1. The molecule has 18 nitrogen and oxygen atoms in total. The molecule has 0 atom stereocenters. The maximum absolute atomic E-state index is 11.8. The van der Waals surface area contributed by atoms with Crippen molar-refractivity contribution in [3.8, 4) is 12.1 Å². The smallest absolute Gasteiger partial charge is 0.350 e. The highest BCUT2D eigenvalue weighted by Gasteiger charge is 2.24. The van der Waals surface area contributed by atoms with Gasteiger partial charge in [0.1, 0.15) is 18.0 Å². The van der Waals surface area contributed by atoms with Gasteiger partial charge in [-0.25, -0.2) is 29.4 Å². The molecular weight excluding hydrogens is 672 g/mol. The third-order valence-corrected chi connectivity index (χ3v) is 6.16. The Labute approximate surface area is 304 Å². The first-order valence-electron chi connectivity index (χ1n) is 16.4. The third kappa shape index (κ3) is 15.8. The van der Waals surface area contributed by atoms with E-state index in [2.05, 4.69) is 34.9 Å². The van der Waals surface area contributed by atoms with Crippen molar-refractivity contribution in [2.24, 2.45) is 25.7 Å².